The molecule has 7 aromatic carbocycles. The molecule has 3 nitrogen and oxygen atoms in total. The van der Waals surface area contributed by atoms with Gasteiger partial charge in [-0.3, -0.25) is 0 Å². The summed E-state index contributed by atoms with van der Waals surface area (Å²) in [4.78, 5) is 2.40. The van der Waals surface area contributed by atoms with E-state index < -0.39 is 0 Å². The topological polar surface area (TPSA) is 21.3 Å². The Morgan fingerprint density at radius 2 is 1.22 bits per heavy atom. The maximum Gasteiger partial charge on any atom is 0.137 e. The van der Waals surface area contributed by atoms with E-state index >= 15 is 0 Å². The molecule has 0 fully saturated rings. The third-order valence-corrected chi connectivity index (χ3v) is 10.2. The second-order valence-electron chi connectivity index (χ2n) is 13.2. The Hall–Kier alpha value is -6.58. The first-order chi connectivity index (χ1) is 25.3. The van der Waals surface area contributed by atoms with Crippen LogP contribution < -0.4 is 4.90 Å². The van der Waals surface area contributed by atoms with Gasteiger partial charge in [-0.2, -0.15) is 0 Å². The van der Waals surface area contributed by atoms with Crippen LogP contribution in [0.3, 0.4) is 0 Å². The van der Waals surface area contributed by atoms with Crippen molar-refractivity contribution in [2.24, 2.45) is 0 Å². The molecule has 0 radical (unpaired) electrons. The smallest absolute Gasteiger partial charge is 0.137 e. The van der Waals surface area contributed by atoms with Crippen LogP contribution in [0, 0.1) is 0 Å². The van der Waals surface area contributed by atoms with Gasteiger partial charge in [0.25, 0.3) is 0 Å². The molecule has 0 amide bonds. The second-order valence-corrected chi connectivity index (χ2v) is 13.2. The van der Waals surface area contributed by atoms with Crippen LogP contribution in [0.15, 0.2) is 186 Å². The van der Waals surface area contributed by atoms with E-state index in [4.69, 9.17) is 4.42 Å². The number of fused-ring (bicyclic) bond motifs is 6. The molecule has 2 heterocycles. The molecule has 0 saturated carbocycles. The van der Waals surface area contributed by atoms with E-state index in [2.05, 4.69) is 191 Å². The Morgan fingerprint density at radius 1 is 0.490 bits per heavy atom. The van der Waals surface area contributed by atoms with E-state index in [0.717, 1.165) is 57.5 Å². The molecule has 0 bridgehead atoms. The van der Waals surface area contributed by atoms with Crippen LogP contribution in [0.1, 0.15) is 18.4 Å². The molecular weight excluding hydrogens is 621 g/mol. The summed E-state index contributed by atoms with van der Waals surface area (Å²) in [5, 5.41) is 4.61. The van der Waals surface area contributed by atoms with E-state index in [9.17, 15) is 0 Å². The summed E-state index contributed by atoms with van der Waals surface area (Å²) in [6, 6.07) is 58.6. The number of benzene rings is 7. The third kappa shape index (κ3) is 4.89. The minimum absolute atomic E-state index is 0.863. The van der Waals surface area contributed by atoms with E-state index in [0.29, 0.717) is 0 Å². The highest BCUT2D eigenvalue weighted by atomic mass is 16.3. The summed E-state index contributed by atoms with van der Waals surface area (Å²) in [5.41, 5.74) is 13.3. The predicted molar refractivity (Wildman–Crippen MR) is 215 cm³/mol. The summed E-state index contributed by atoms with van der Waals surface area (Å²) in [5.74, 6) is 0. The van der Waals surface area contributed by atoms with Crippen LogP contribution in [-0.2, 0) is 0 Å². The van der Waals surface area contributed by atoms with Crippen molar-refractivity contribution in [3.63, 3.8) is 0 Å². The van der Waals surface area contributed by atoms with Crippen LogP contribution in [-0.4, -0.2) is 4.57 Å². The monoisotopic (exact) mass is 654 g/mol. The van der Waals surface area contributed by atoms with Crippen LogP contribution in [0.5, 0.6) is 0 Å². The SMILES string of the molecule is C1=CC(c2cccc(-c3ccccc3)c2N(c2ccccc2)c2ccc3c(c2)oc2cc4c5ccccc5n(-c5ccccc5)c4cc23)=CCC1. The van der Waals surface area contributed by atoms with Crippen molar-refractivity contribution in [1.82, 2.24) is 4.57 Å². The molecule has 0 N–H and O–H groups in total. The second kappa shape index (κ2) is 12.1. The van der Waals surface area contributed by atoms with E-state index in [1.165, 1.54) is 44.1 Å². The molecule has 9 aromatic rings. The molecule has 51 heavy (non-hydrogen) atoms. The predicted octanol–water partition coefficient (Wildman–Crippen LogP) is 13.6. The molecule has 0 aliphatic heterocycles. The maximum absolute atomic E-state index is 6.79. The fourth-order valence-corrected chi connectivity index (χ4v) is 7.89. The number of furan rings is 1. The average Bonchev–Trinajstić information content (AvgIpc) is 3.73. The summed E-state index contributed by atoms with van der Waals surface area (Å²) in [7, 11) is 0. The zero-order chi connectivity index (χ0) is 33.7. The zero-order valence-electron chi connectivity index (χ0n) is 28.0. The van der Waals surface area contributed by atoms with Gasteiger partial charge in [0.05, 0.1) is 16.7 Å². The number of nitrogens with zero attached hydrogens (tertiary/aromatic N) is 2. The first-order valence-corrected chi connectivity index (χ1v) is 17.7. The third-order valence-electron chi connectivity index (χ3n) is 10.2. The molecule has 3 heteroatoms. The quantitative estimate of drug-likeness (QED) is 0.178. The van der Waals surface area contributed by atoms with Crippen LogP contribution in [0.25, 0.3) is 66.1 Å². The standard InChI is InChI=1S/C48H34N2O/c1-5-16-33(17-6-1)38-25-15-26-39(34-18-7-2-8-19-34)48(38)49(35-20-9-3-10-21-35)37-28-29-41-43-31-45-42(32-47(43)51-46(41)30-37)40-24-13-14-27-44(40)50(45)36-22-11-4-12-23-36/h1,3-7,9-32H,2,8H2. The zero-order valence-corrected chi connectivity index (χ0v) is 28.0. The van der Waals surface area contributed by atoms with Gasteiger partial charge in [-0.15, -0.1) is 0 Å². The minimum atomic E-state index is 0.863. The van der Waals surface area contributed by atoms with E-state index in [-0.39, 0.29) is 0 Å². The highest BCUT2D eigenvalue weighted by molar-refractivity contribution is 6.17. The lowest BCUT2D eigenvalue weighted by molar-refractivity contribution is 0.669. The van der Waals surface area contributed by atoms with E-state index in [1.807, 2.05) is 0 Å². The first-order valence-electron chi connectivity index (χ1n) is 17.7. The number of para-hydroxylation sites is 4. The van der Waals surface area contributed by atoms with Crippen molar-refractivity contribution in [2.45, 2.75) is 12.8 Å². The highest BCUT2D eigenvalue weighted by Crippen LogP contribution is 2.47. The van der Waals surface area contributed by atoms with Gasteiger partial charge in [0.1, 0.15) is 11.2 Å². The molecular formula is C48H34N2O. The van der Waals surface area contributed by atoms with Gasteiger partial charge in [0.15, 0.2) is 0 Å². The molecule has 2 aromatic heterocycles. The minimum Gasteiger partial charge on any atom is -0.456 e. The maximum atomic E-state index is 6.79. The number of hydrogen-bond acceptors (Lipinski definition) is 2. The van der Waals surface area contributed by atoms with Gasteiger partial charge in [-0.25, -0.2) is 0 Å². The summed E-state index contributed by atoms with van der Waals surface area (Å²) < 4.78 is 9.16. The van der Waals surface area contributed by atoms with Crippen molar-refractivity contribution >= 4 is 66.4 Å². The Bertz CT molecular complexity index is 2790. The summed E-state index contributed by atoms with van der Waals surface area (Å²) in [6.45, 7) is 0. The van der Waals surface area contributed by atoms with Crippen LogP contribution in [0.2, 0.25) is 0 Å². The van der Waals surface area contributed by atoms with Crippen LogP contribution in [0.4, 0.5) is 17.1 Å². The Kier molecular flexibility index (Phi) is 6.95. The number of aromatic nitrogens is 1. The molecule has 1 aliphatic carbocycles. The molecule has 0 saturated heterocycles. The molecule has 0 spiro atoms. The van der Waals surface area contributed by atoms with Crippen molar-refractivity contribution in [3.05, 3.63) is 188 Å². The first kappa shape index (κ1) is 29.3. The summed E-state index contributed by atoms with van der Waals surface area (Å²) in [6.07, 6.45) is 9.04. The van der Waals surface area contributed by atoms with Crippen molar-refractivity contribution in [3.8, 4) is 16.8 Å². The van der Waals surface area contributed by atoms with Gasteiger partial charge >= 0.3 is 0 Å². The number of rotatable bonds is 6. The van der Waals surface area contributed by atoms with Gasteiger partial charge in [-0.1, -0.05) is 121 Å². The van der Waals surface area contributed by atoms with Gasteiger partial charge in [0, 0.05) is 55.8 Å². The van der Waals surface area contributed by atoms with Gasteiger partial charge < -0.3 is 13.9 Å². The largest absolute Gasteiger partial charge is 0.456 e. The molecule has 10 rings (SSSR count). The van der Waals surface area contributed by atoms with E-state index in [1.54, 1.807) is 0 Å². The summed E-state index contributed by atoms with van der Waals surface area (Å²) >= 11 is 0. The molecule has 0 unspecified atom stereocenters. The number of allylic oxidation sites excluding steroid dienone is 4. The fourth-order valence-electron chi connectivity index (χ4n) is 7.89. The Morgan fingerprint density at radius 3 is 2.02 bits per heavy atom. The Balaban J connectivity index is 1.22. The fraction of sp³-hybridized carbons (Fsp3) is 0.0417. The highest BCUT2D eigenvalue weighted by Gasteiger charge is 2.24. The lowest BCUT2D eigenvalue weighted by Crippen LogP contribution is -2.13. The lowest BCUT2D eigenvalue weighted by atomic mass is 9.92. The Labute approximate surface area is 296 Å². The lowest BCUT2D eigenvalue weighted by Gasteiger charge is -2.30. The van der Waals surface area contributed by atoms with Crippen molar-refractivity contribution < 1.29 is 4.42 Å². The number of anilines is 3. The van der Waals surface area contributed by atoms with Crippen LogP contribution >= 0.6 is 0 Å². The molecule has 1 aliphatic rings. The molecule has 242 valence electrons. The van der Waals surface area contributed by atoms with Crippen molar-refractivity contribution in [2.75, 3.05) is 4.90 Å². The van der Waals surface area contributed by atoms with Gasteiger partial charge in [-0.05, 0) is 78.6 Å². The van der Waals surface area contributed by atoms with Crippen molar-refractivity contribution in [1.29, 1.82) is 0 Å². The average molecular weight is 655 g/mol. The van der Waals surface area contributed by atoms with Gasteiger partial charge in [0.2, 0.25) is 0 Å². The number of hydrogen-bond donors (Lipinski definition) is 0. The normalized spacial score (nSPS) is 13.0. The molecule has 0 atom stereocenters.